The summed E-state index contributed by atoms with van der Waals surface area (Å²) in [6.45, 7) is 0. The minimum atomic E-state index is -0.656. The number of para-hydroxylation sites is 1. The lowest BCUT2D eigenvalue weighted by Gasteiger charge is -2.19. The fourth-order valence-electron chi connectivity index (χ4n) is 5.99. The molecule has 0 bridgehead atoms. The first-order chi connectivity index (χ1) is 26.8. The van der Waals surface area contributed by atoms with Crippen LogP contribution in [0.15, 0.2) is 162 Å². The van der Waals surface area contributed by atoms with Crippen molar-refractivity contribution in [3.63, 3.8) is 0 Å². The second-order valence-corrected chi connectivity index (χ2v) is 10.2. The molecule has 0 aliphatic carbocycles. The van der Waals surface area contributed by atoms with Crippen LogP contribution < -0.4 is 0 Å². The average molecular weight is 560 g/mol. The van der Waals surface area contributed by atoms with Crippen LogP contribution in [0.2, 0.25) is 0 Å². The minimum Gasteiger partial charge on any atom is -0.456 e. The van der Waals surface area contributed by atoms with Gasteiger partial charge in [-0.15, -0.1) is 0 Å². The summed E-state index contributed by atoms with van der Waals surface area (Å²) in [5.41, 5.74) is 0.914. The molecule has 1 nitrogen and oxygen atoms in total. The molecule has 0 aliphatic rings. The highest BCUT2D eigenvalue weighted by Gasteiger charge is 2.18. The molecule has 0 unspecified atom stereocenters. The number of hydrogen-bond acceptors (Lipinski definition) is 1. The molecule has 8 aromatic carbocycles. The molecule has 9 aromatic rings. The van der Waals surface area contributed by atoms with Gasteiger partial charge in [-0.25, -0.2) is 0 Å². The Morgan fingerprint density at radius 3 is 1.70 bits per heavy atom. The lowest BCUT2D eigenvalue weighted by Crippen LogP contribution is -1.92. The maximum Gasteiger partial charge on any atom is 0.136 e. The van der Waals surface area contributed by atoms with Crippen LogP contribution in [0.5, 0.6) is 0 Å². The van der Waals surface area contributed by atoms with Gasteiger partial charge in [-0.3, -0.25) is 0 Å². The van der Waals surface area contributed by atoms with Crippen molar-refractivity contribution in [2.45, 2.75) is 0 Å². The summed E-state index contributed by atoms with van der Waals surface area (Å²) >= 11 is 0. The lowest BCUT2D eigenvalue weighted by molar-refractivity contribution is 0.669. The Kier molecular flexibility index (Phi) is 3.18. The molecular weight excluding hydrogens is 520 g/mol. The zero-order valence-corrected chi connectivity index (χ0v) is 22.4. The van der Waals surface area contributed by atoms with Crippen molar-refractivity contribution in [2.24, 2.45) is 0 Å². The number of hydrogen-bond donors (Lipinski definition) is 0. The molecule has 43 heavy (non-hydrogen) atoms. The third kappa shape index (κ3) is 3.72. The Bertz CT molecular complexity index is 3170. The van der Waals surface area contributed by atoms with Gasteiger partial charge in [-0.05, 0) is 95.9 Å². The highest BCUT2D eigenvalue weighted by molar-refractivity contribution is 6.22. The summed E-state index contributed by atoms with van der Waals surface area (Å²) in [4.78, 5) is 0. The van der Waals surface area contributed by atoms with E-state index in [4.69, 9.17) is 16.8 Å². The molecule has 0 fully saturated rings. The van der Waals surface area contributed by atoms with Crippen LogP contribution in [0.25, 0.3) is 87.6 Å². The molecule has 1 aromatic heterocycles. The van der Waals surface area contributed by atoms with Crippen molar-refractivity contribution in [1.82, 2.24) is 0 Å². The van der Waals surface area contributed by atoms with E-state index in [-0.39, 0.29) is 55.4 Å². The number of rotatable bonds is 3. The van der Waals surface area contributed by atoms with Gasteiger partial charge in [0.15, 0.2) is 0 Å². The topological polar surface area (TPSA) is 13.1 Å². The Morgan fingerprint density at radius 1 is 0.395 bits per heavy atom. The number of benzene rings is 8. The summed E-state index contributed by atoms with van der Waals surface area (Å²) in [5, 5.41) is 1.97. The molecule has 200 valence electrons. The Morgan fingerprint density at radius 2 is 0.977 bits per heavy atom. The predicted octanol–water partition coefficient (Wildman–Crippen LogP) is 12.0. The maximum absolute atomic E-state index is 9.97. The van der Waals surface area contributed by atoms with E-state index in [2.05, 4.69) is 0 Å². The van der Waals surface area contributed by atoms with Gasteiger partial charge in [-0.1, -0.05) is 127 Å². The largest absolute Gasteiger partial charge is 0.456 e. The normalized spacial score (nSPS) is 16.0. The van der Waals surface area contributed by atoms with Crippen LogP contribution in [0, 0.1) is 0 Å². The van der Waals surface area contributed by atoms with E-state index < -0.39 is 72.5 Å². The summed E-state index contributed by atoms with van der Waals surface area (Å²) < 4.78 is 122. The van der Waals surface area contributed by atoms with Gasteiger partial charge in [0.2, 0.25) is 0 Å². The summed E-state index contributed by atoms with van der Waals surface area (Å²) in [5.74, 6) is 0. The Hall–Kier alpha value is -5.66. The van der Waals surface area contributed by atoms with Crippen molar-refractivity contribution < 1.29 is 22.2 Å². The predicted molar refractivity (Wildman–Crippen MR) is 183 cm³/mol. The van der Waals surface area contributed by atoms with Gasteiger partial charge in [0.1, 0.15) is 11.2 Å². The smallest absolute Gasteiger partial charge is 0.136 e. The molecule has 0 radical (unpaired) electrons. The van der Waals surface area contributed by atoms with Gasteiger partial charge in [0.25, 0.3) is 0 Å². The molecule has 1 heteroatoms. The van der Waals surface area contributed by atoms with Gasteiger partial charge in [0.05, 0.1) is 17.8 Å². The molecule has 0 N–H and O–H groups in total. The third-order valence-electron chi connectivity index (χ3n) is 7.82. The highest BCUT2D eigenvalue weighted by Crippen LogP contribution is 2.45. The summed E-state index contributed by atoms with van der Waals surface area (Å²) in [6.07, 6.45) is 0. The van der Waals surface area contributed by atoms with Crippen molar-refractivity contribution in [3.05, 3.63) is 157 Å². The molecular formula is C42H26O. The zero-order valence-electron chi connectivity index (χ0n) is 35.4. The third-order valence-corrected chi connectivity index (χ3v) is 7.82. The van der Waals surface area contributed by atoms with E-state index >= 15 is 0 Å². The summed E-state index contributed by atoms with van der Waals surface area (Å²) in [6, 6.07) is 17.6. The van der Waals surface area contributed by atoms with Gasteiger partial charge in [0, 0.05) is 10.8 Å². The molecule has 1 heterocycles. The first kappa shape index (κ1) is 14.5. The van der Waals surface area contributed by atoms with Gasteiger partial charge < -0.3 is 4.42 Å². The number of fused-ring (bicyclic) bond motifs is 6. The van der Waals surface area contributed by atoms with Crippen molar-refractivity contribution in [1.29, 1.82) is 0 Å². The molecule has 0 saturated carbocycles. The van der Waals surface area contributed by atoms with E-state index in [0.717, 1.165) is 21.9 Å². The van der Waals surface area contributed by atoms with Crippen molar-refractivity contribution in [2.75, 3.05) is 0 Å². The molecule has 0 atom stereocenters. The fourth-order valence-corrected chi connectivity index (χ4v) is 5.99. The van der Waals surface area contributed by atoms with Crippen LogP contribution in [0.3, 0.4) is 0 Å². The zero-order chi connectivity index (χ0) is 39.6. The van der Waals surface area contributed by atoms with Gasteiger partial charge in [-0.2, -0.15) is 0 Å². The molecule has 0 aliphatic heterocycles. The first-order valence-electron chi connectivity index (χ1n) is 20.2. The van der Waals surface area contributed by atoms with Crippen LogP contribution in [-0.2, 0) is 0 Å². The van der Waals surface area contributed by atoms with Crippen LogP contribution in [0.4, 0.5) is 0 Å². The first-order valence-corrected chi connectivity index (χ1v) is 13.7. The quantitative estimate of drug-likeness (QED) is 0.196. The lowest BCUT2D eigenvalue weighted by atomic mass is 9.84. The molecule has 0 spiro atoms. The monoisotopic (exact) mass is 559 g/mol. The van der Waals surface area contributed by atoms with Gasteiger partial charge >= 0.3 is 0 Å². The molecule has 9 rings (SSSR count). The fraction of sp³-hybridized carbons (Fsp3) is 0. The number of furan rings is 1. The van der Waals surface area contributed by atoms with E-state index in [1.807, 2.05) is 78.9 Å². The Labute approximate surface area is 267 Å². The second-order valence-electron chi connectivity index (χ2n) is 10.2. The Balaban J connectivity index is 1.52. The van der Waals surface area contributed by atoms with E-state index in [1.165, 1.54) is 0 Å². The average Bonchev–Trinajstić information content (AvgIpc) is 3.62. The SMILES string of the molecule is [2H]c1c([2H])c([2H])c2c(oc3c([2H])c(-c4c([2H])c(-c5c6ccccc6c(-c6ccccc6)c6ccccc56)c([2H])c5c([2H])c([2H])c([2H])c([2H])c45)c([2H])c([2H])c32)c1[2H]. The van der Waals surface area contributed by atoms with Crippen LogP contribution >= 0.6 is 0 Å². The maximum atomic E-state index is 9.97. The standard InChI is InChI=1S/C42H26O/c1-2-12-27(13-3-1)41-34-17-6-8-19-36(34)42(37-20-9-7-18-35(37)41)30-24-28-14-4-5-15-31(28)38(25-30)29-22-23-33-32-16-10-11-21-39(32)43-40(33)26-29/h1-26H/i4D,5D,10D,11D,14D,15D,16D,21D,22D,23D,24D,25D,26D. The van der Waals surface area contributed by atoms with E-state index in [9.17, 15) is 5.48 Å². The van der Waals surface area contributed by atoms with E-state index in [0.29, 0.717) is 16.3 Å². The van der Waals surface area contributed by atoms with Crippen molar-refractivity contribution in [3.8, 4) is 33.4 Å². The second kappa shape index (κ2) is 9.44. The van der Waals surface area contributed by atoms with Crippen LogP contribution in [-0.4, -0.2) is 0 Å². The van der Waals surface area contributed by atoms with Crippen molar-refractivity contribution >= 4 is 54.3 Å². The molecule has 0 saturated heterocycles. The minimum absolute atomic E-state index is 0.0147. The van der Waals surface area contributed by atoms with Crippen LogP contribution in [0.1, 0.15) is 17.8 Å². The molecule has 0 amide bonds. The highest BCUT2D eigenvalue weighted by atomic mass is 16.3. The summed E-state index contributed by atoms with van der Waals surface area (Å²) in [7, 11) is 0. The van der Waals surface area contributed by atoms with E-state index in [1.54, 1.807) is 0 Å².